The number of aromatic nitrogens is 2. The first-order valence-corrected chi connectivity index (χ1v) is 12.7. The van der Waals surface area contributed by atoms with Crippen LogP contribution in [0.5, 0.6) is 0 Å². The fraction of sp³-hybridized carbons (Fsp3) is 0.538. The first-order valence-electron chi connectivity index (χ1n) is 12.7. The molecule has 2 aromatic rings. The summed E-state index contributed by atoms with van der Waals surface area (Å²) >= 11 is 0. The third-order valence-corrected chi connectivity index (χ3v) is 6.89. The van der Waals surface area contributed by atoms with Crippen LogP contribution < -0.4 is 10.6 Å². The van der Waals surface area contributed by atoms with Gasteiger partial charge in [-0.1, -0.05) is 18.2 Å². The summed E-state index contributed by atoms with van der Waals surface area (Å²) in [5, 5.41) is 13.1. The van der Waals surface area contributed by atoms with Crippen molar-refractivity contribution in [1.82, 2.24) is 30.6 Å². The molecule has 188 valence electrons. The molecule has 2 aliphatic heterocycles. The normalized spacial score (nSPS) is 21.9. The van der Waals surface area contributed by atoms with Crippen molar-refractivity contribution in [1.29, 1.82) is 0 Å². The number of aromatic amines is 1. The predicted octanol–water partition coefficient (Wildman–Crippen LogP) is 1.73. The second kappa shape index (κ2) is 12.5. The van der Waals surface area contributed by atoms with Crippen LogP contribution in [0, 0.1) is 0 Å². The smallest absolute Gasteiger partial charge is 0.254 e. The molecule has 3 N–H and O–H groups in total. The zero-order chi connectivity index (χ0) is 24.5. The van der Waals surface area contributed by atoms with E-state index >= 15 is 0 Å². The van der Waals surface area contributed by atoms with Crippen LogP contribution >= 0.6 is 0 Å². The lowest BCUT2D eigenvalue weighted by Crippen LogP contribution is -2.44. The maximum atomic E-state index is 13.4. The van der Waals surface area contributed by atoms with Crippen molar-refractivity contribution < 1.29 is 14.4 Å². The molecule has 9 nitrogen and oxygen atoms in total. The summed E-state index contributed by atoms with van der Waals surface area (Å²) in [6, 6.07) is 8.96. The van der Waals surface area contributed by atoms with Crippen molar-refractivity contribution in [2.75, 3.05) is 32.7 Å². The zero-order valence-corrected chi connectivity index (χ0v) is 20.2. The van der Waals surface area contributed by atoms with Crippen LogP contribution in [0.3, 0.4) is 0 Å². The van der Waals surface area contributed by atoms with Crippen LogP contribution in [0.15, 0.2) is 42.7 Å². The number of carbonyl (C=O) groups excluding carboxylic acids is 3. The van der Waals surface area contributed by atoms with Crippen molar-refractivity contribution in [3.63, 3.8) is 0 Å². The van der Waals surface area contributed by atoms with Gasteiger partial charge in [0.1, 0.15) is 0 Å². The molecule has 35 heavy (non-hydrogen) atoms. The largest absolute Gasteiger partial charge is 0.355 e. The van der Waals surface area contributed by atoms with E-state index in [0.29, 0.717) is 57.5 Å². The molecule has 2 saturated heterocycles. The van der Waals surface area contributed by atoms with Crippen LogP contribution in [0.1, 0.15) is 54.4 Å². The number of nitrogens with one attached hydrogen (secondary N) is 3. The molecule has 0 radical (unpaired) electrons. The molecule has 0 spiro atoms. The highest BCUT2D eigenvalue weighted by Gasteiger charge is 2.35. The Balaban J connectivity index is 1.41. The molecule has 4 rings (SSSR count). The van der Waals surface area contributed by atoms with Gasteiger partial charge in [0.25, 0.3) is 5.91 Å². The lowest BCUT2D eigenvalue weighted by molar-refractivity contribution is -0.131. The standard InChI is InChI=1S/C26H36N6O3/c33-24(11-6-8-20-17-29-30-18-20)31-13-5-4-12-27-25(34)23-16-22(19-28-23)32(15-7-14-31)26(35)21-9-2-1-3-10-21/h1-3,9-10,17-18,22-23,28H,4-8,11-16,19H2,(H,27,34)(H,29,30)/t22-,23-/m0/s1. The van der Waals surface area contributed by atoms with Gasteiger partial charge in [-0.3, -0.25) is 19.5 Å². The van der Waals surface area contributed by atoms with Gasteiger partial charge in [-0.25, -0.2) is 0 Å². The lowest BCUT2D eigenvalue weighted by atomic mass is 10.1. The number of hydrogen-bond donors (Lipinski definition) is 3. The van der Waals surface area contributed by atoms with Crippen LogP contribution in [-0.4, -0.2) is 82.5 Å². The molecule has 3 heterocycles. The summed E-state index contributed by atoms with van der Waals surface area (Å²) in [4.78, 5) is 42.9. The second-order valence-corrected chi connectivity index (χ2v) is 9.41. The molecule has 9 heteroatoms. The van der Waals surface area contributed by atoms with E-state index in [2.05, 4.69) is 20.8 Å². The minimum Gasteiger partial charge on any atom is -0.355 e. The van der Waals surface area contributed by atoms with E-state index in [9.17, 15) is 14.4 Å². The zero-order valence-electron chi connectivity index (χ0n) is 20.2. The minimum absolute atomic E-state index is 0.0103. The number of H-pyrrole nitrogens is 1. The van der Waals surface area contributed by atoms with E-state index in [1.165, 1.54) is 0 Å². The Kier molecular flexibility index (Phi) is 8.89. The highest BCUT2D eigenvalue weighted by molar-refractivity contribution is 5.94. The van der Waals surface area contributed by atoms with E-state index in [1.807, 2.05) is 46.3 Å². The average Bonchev–Trinajstić information content (AvgIpc) is 3.57. The summed E-state index contributed by atoms with van der Waals surface area (Å²) in [5.41, 5.74) is 1.75. The minimum atomic E-state index is -0.276. The second-order valence-electron chi connectivity index (χ2n) is 9.41. The number of nitrogens with zero attached hydrogens (tertiary/aromatic N) is 3. The Labute approximate surface area is 206 Å². The maximum absolute atomic E-state index is 13.4. The lowest BCUT2D eigenvalue weighted by Gasteiger charge is -2.31. The molecule has 2 fully saturated rings. The molecular weight excluding hydrogens is 444 g/mol. The number of fused-ring (bicyclic) bond motifs is 2. The van der Waals surface area contributed by atoms with Gasteiger partial charge in [0.15, 0.2) is 0 Å². The average molecular weight is 481 g/mol. The van der Waals surface area contributed by atoms with Gasteiger partial charge in [0.2, 0.25) is 11.8 Å². The van der Waals surface area contributed by atoms with Gasteiger partial charge in [0, 0.05) is 56.9 Å². The monoisotopic (exact) mass is 480 g/mol. The molecule has 0 aliphatic carbocycles. The molecular formula is C26H36N6O3. The van der Waals surface area contributed by atoms with Gasteiger partial charge < -0.3 is 20.4 Å². The molecule has 2 aliphatic rings. The third-order valence-electron chi connectivity index (χ3n) is 6.89. The summed E-state index contributed by atoms with van der Waals surface area (Å²) in [5.74, 6) is 0.112. The molecule has 0 unspecified atom stereocenters. The highest BCUT2D eigenvalue weighted by atomic mass is 16.2. The Hall–Kier alpha value is -3.20. The van der Waals surface area contributed by atoms with Crippen molar-refractivity contribution in [2.45, 2.75) is 57.0 Å². The summed E-state index contributed by atoms with van der Waals surface area (Å²) < 4.78 is 0. The first kappa shape index (κ1) is 24.9. The van der Waals surface area contributed by atoms with Crippen LogP contribution in [0.2, 0.25) is 0 Å². The number of carbonyl (C=O) groups is 3. The van der Waals surface area contributed by atoms with E-state index < -0.39 is 0 Å². The van der Waals surface area contributed by atoms with Crippen molar-refractivity contribution in [2.24, 2.45) is 0 Å². The summed E-state index contributed by atoms with van der Waals surface area (Å²) in [7, 11) is 0. The molecule has 3 amide bonds. The molecule has 1 aromatic heterocycles. The van der Waals surface area contributed by atoms with Gasteiger partial charge in [0.05, 0.1) is 12.2 Å². The first-order chi connectivity index (χ1) is 17.1. The van der Waals surface area contributed by atoms with Crippen LogP contribution in [0.25, 0.3) is 0 Å². The number of benzene rings is 1. The SMILES string of the molecule is O=C1NCCCCN(C(=O)CCCc2cn[nH]c2)CCCN(C(=O)c2ccccc2)[C@@H]2CN[C@H]1C2. The van der Waals surface area contributed by atoms with Crippen molar-refractivity contribution >= 4 is 17.7 Å². The quantitative estimate of drug-likeness (QED) is 0.604. The van der Waals surface area contributed by atoms with Crippen LogP contribution in [-0.2, 0) is 16.0 Å². The Morgan fingerprint density at radius 3 is 2.69 bits per heavy atom. The van der Waals surface area contributed by atoms with Crippen LogP contribution in [0.4, 0.5) is 0 Å². The van der Waals surface area contributed by atoms with E-state index in [0.717, 1.165) is 31.2 Å². The van der Waals surface area contributed by atoms with Gasteiger partial charge >= 0.3 is 0 Å². The van der Waals surface area contributed by atoms with E-state index in [1.54, 1.807) is 6.20 Å². The maximum Gasteiger partial charge on any atom is 0.254 e. The van der Waals surface area contributed by atoms with E-state index in [-0.39, 0.29) is 29.8 Å². The summed E-state index contributed by atoms with van der Waals surface area (Å²) in [6.07, 6.45) is 8.71. The fourth-order valence-corrected chi connectivity index (χ4v) is 4.92. The Bertz CT molecular complexity index is 965. The topological polar surface area (TPSA) is 110 Å². The highest BCUT2D eigenvalue weighted by Crippen LogP contribution is 2.19. The molecule has 2 atom stereocenters. The van der Waals surface area contributed by atoms with Crippen molar-refractivity contribution in [3.8, 4) is 0 Å². The fourth-order valence-electron chi connectivity index (χ4n) is 4.92. The predicted molar refractivity (Wildman–Crippen MR) is 133 cm³/mol. The number of hydrogen-bond acceptors (Lipinski definition) is 5. The Morgan fingerprint density at radius 1 is 1.06 bits per heavy atom. The van der Waals surface area contributed by atoms with Gasteiger partial charge in [-0.2, -0.15) is 5.10 Å². The third kappa shape index (κ3) is 6.91. The van der Waals surface area contributed by atoms with Gasteiger partial charge in [-0.05, 0) is 56.2 Å². The molecule has 1 aromatic carbocycles. The van der Waals surface area contributed by atoms with Gasteiger partial charge in [-0.15, -0.1) is 0 Å². The summed E-state index contributed by atoms with van der Waals surface area (Å²) in [6.45, 7) is 3.02. The van der Waals surface area contributed by atoms with Crippen molar-refractivity contribution in [3.05, 3.63) is 53.9 Å². The molecule has 0 saturated carbocycles. The number of aryl methyl sites for hydroxylation is 1. The number of amides is 3. The molecule has 2 bridgehead atoms. The Morgan fingerprint density at radius 2 is 1.89 bits per heavy atom. The van der Waals surface area contributed by atoms with E-state index in [4.69, 9.17) is 0 Å². The number of rotatable bonds is 5.